The van der Waals surface area contributed by atoms with Gasteiger partial charge in [0.05, 0.1) is 6.54 Å². The molecule has 7 heteroatoms. The summed E-state index contributed by atoms with van der Waals surface area (Å²) in [4.78, 5) is 33.5. The Morgan fingerprint density at radius 3 is 1.24 bits per heavy atom. The highest BCUT2D eigenvalue weighted by Crippen LogP contribution is 2.14. The van der Waals surface area contributed by atoms with Crippen molar-refractivity contribution in [2.75, 3.05) is 26.2 Å². The van der Waals surface area contributed by atoms with Crippen molar-refractivity contribution >= 4 is 17.9 Å². The molecule has 0 saturated heterocycles. The van der Waals surface area contributed by atoms with E-state index in [9.17, 15) is 14.4 Å². The fourth-order valence-corrected chi connectivity index (χ4v) is 4.31. The van der Waals surface area contributed by atoms with Gasteiger partial charge in [-0.25, -0.2) is 14.4 Å². The Morgan fingerprint density at radius 2 is 0.879 bits per heavy atom. The van der Waals surface area contributed by atoms with Crippen molar-refractivity contribution in [1.82, 2.24) is 0 Å². The number of quaternary nitrogens is 1. The number of nitrogens with zero attached hydrogens (tertiary/aromatic N) is 1. The van der Waals surface area contributed by atoms with E-state index in [0.29, 0.717) is 6.42 Å². The third kappa shape index (κ3) is 20.4. The van der Waals surface area contributed by atoms with E-state index in [-0.39, 0.29) is 6.54 Å². The minimum Gasteiger partial charge on any atom is -0.477 e. The van der Waals surface area contributed by atoms with Crippen LogP contribution in [0.1, 0.15) is 110 Å². The molecule has 0 unspecified atom stereocenters. The van der Waals surface area contributed by atoms with Crippen LogP contribution in [0.3, 0.4) is 0 Å². The van der Waals surface area contributed by atoms with Crippen LogP contribution in [0, 0.1) is 0 Å². The van der Waals surface area contributed by atoms with E-state index >= 15 is 0 Å². The van der Waals surface area contributed by atoms with Gasteiger partial charge >= 0.3 is 17.9 Å². The van der Waals surface area contributed by atoms with Crippen molar-refractivity contribution in [3.63, 3.8) is 0 Å². The monoisotopic (exact) mass is 470 g/mol. The van der Waals surface area contributed by atoms with Crippen LogP contribution in [0.25, 0.3) is 0 Å². The van der Waals surface area contributed by atoms with E-state index in [2.05, 4.69) is 19.1 Å². The zero-order chi connectivity index (χ0) is 24.8. The molecule has 0 aliphatic carbocycles. The third-order valence-electron chi connectivity index (χ3n) is 6.06. The summed E-state index contributed by atoms with van der Waals surface area (Å²) in [7, 11) is 0. The maximum atomic E-state index is 11.2. The van der Waals surface area contributed by atoms with Crippen molar-refractivity contribution in [2.45, 2.75) is 110 Å². The van der Waals surface area contributed by atoms with Crippen LogP contribution in [0.2, 0.25) is 0 Å². The Hall–Kier alpha value is -1.89. The van der Waals surface area contributed by atoms with E-state index < -0.39 is 42.0 Å². The van der Waals surface area contributed by atoms with E-state index in [0.717, 1.165) is 32.1 Å². The summed E-state index contributed by atoms with van der Waals surface area (Å²) in [6, 6.07) is 0. The summed E-state index contributed by atoms with van der Waals surface area (Å²) >= 11 is 0. The molecular weight excluding hydrogens is 422 g/mol. The van der Waals surface area contributed by atoms with Crippen LogP contribution < -0.4 is 0 Å². The van der Waals surface area contributed by atoms with E-state index in [4.69, 9.17) is 15.3 Å². The third-order valence-corrected chi connectivity index (χ3v) is 6.06. The van der Waals surface area contributed by atoms with Gasteiger partial charge in [0.25, 0.3) is 0 Å². The average Bonchev–Trinajstić information content (AvgIpc) is 2.71. The van der Waals surface area contributed by atoms with E-state index in [1.54, 1.807) is 0 Å². The second kappa shape index (κ2) is 20.7. The van der Waals surface area contributed by atoms with Crippen LogP contribution >= 0.6 is 0 Å². The SMILES string of the molecule is CCCCCCCCCCCC/C=C/CCCCCC[N+](CC(=O)O)(CC(=O)O)CC(=O)O. The first-order chi connectivity index (χ1) is 15.8. The van der Waals surface area contributed by atoms with Crippen molar-refractivity contribution in [1.29, 1.82) is 0 Å². The molecule has 7 nitrogen and oxygen atoms in total. The largest absolute Gasteiger partial charge is 0.477 e. The molecule has 0 radical (unpaired) electrons. The molecule has 0 aliphatic heterocycles. The summed E-state index contributed by atoms with van der Waals surface area (Å²) in [6.45, 7) is 1.04. The van der Waals surface area contributed by atoms with Crippen molar-refractivity contribution in [3.8, 4) is 0 Å². The molecule has 0 heterocycles. The van der Waals surface area contributed by atoms with Gasteiger partial charge in [0.15, 0.2) is 19.6 Å². The minimum atomic E-state index is -1.18. The maximum absolute atomic E-state index is 11.2. The second-order valence-corrected chi connectivity index (χ2v) is 9.37. The van der Waals surface area contributed by atoms with Crippen LogP contribution in [0.15, 0.2) is 12.2 Å². The second-order valence-electron chi connectivity index (χ2n) is 9.37. The number of unbranched alkanes of at least 4 members (excludes halogenated alkanes) is 14. The highest BCUT2D eigenvalue weighted by molar-refractivity contribution is 5.73. The first kappa shape index (κ1) is 31.1. The highest BCUT2D eigenvalue weighted by Gasteiger charge is 2.35. The molecule has 0 rings (SSSR count). The van der Waals surface area contributed by atoms with Crippen molar-refractivity contribution < 1.29 is 34.2 Å². The Morgan fingerprint density at radius 1 is 0.545 bits per heavy atom. The highest BCUT2D eigenvalue weighted by atomic mass is 16.4. The molecule has 0 aromatic rings. The summed E-state index contributed by atoms with van der Waals surface area (Å²) in [6.07, 6.45) is 23.6. The minimum absolute atomic E-state index is 0.249. The standard InChI is InChI=1S/C26H47NO6/c1-2-3-4-5-6-7-8-9-10-11-12-13-14-15-16-17-18-19-20-27(21-24(28)29,22-25(30)31)23-26(32)33/h13-14H,2-12,15-23H2,1H3,(H2-,28,29,30,31,32,33)/p+1/b14-13+. The normalized spacial score (nSPS) is 11.8. The van der Waals surface area contributed by atoms with Crippen LogP contribution in [-0.4, -0.2) is 63.9 Å². The van der Waals surface area contributed by atoms with Gasteiger partial charge in [0.1, 0.15) is 0 Å². The Kier molecular flexibility index (Phi) is 19.5. The van der Waals surface area contributed by atoms with Crippen LogP contribution in [0.5, 0.6) is 0 Å². The lowest BCUT2D eigenvalue weighted by molar-refractivity contribution is -0.907. The zero-order valence-corrected chi connectivity index (χ0v) is 20.8. The number of aliphatic carboxylic acids is 3. The molecule has 0 spiro atoms. The molecule has 192 valence electrons. The summed E-state index contributed by atoms with van der Waals surface area (Å²) in [5.41, 5.74) is 0. The van der Waals surface area contributed by atoms with Gasteiger partial charge in [-0.3, -0.25) is 4.48 Å². The van der Waals surface area contributed by atoms with Crippen LogP contribution in [-0.2, 0) is 14.4 Å². The van der Waals surface area contributed by atoms with Gasteiger partial charge in [0, 0.05) is 0 Å². The fraction of sp³-hybridized carbons (Fsp3) is 0.808. The lowest BCUT2D eigenvalue weighted by Crippen LogP contribution is -2.57. The molecule has 0 fully saturated rings. The lowest BCUT2D eigenvalue weighted by atomic mass is 10.1. The molecular formula is C26H48NO6+. The summed E-state index contributed by atoms with van der Waals surface area (Å²) < 4.78 is -0.446. The molecule has 0 saturated carbocycles. The van der Waals surface area contributed by atoms with Gasteiger partial charge in [-0.1, -0.05) is 83.3 Å². The Bertz CT molecular complexity index is 520. The first-order valence-electron chi connectivity index (χ1n) is 13.0. The zero-order valence-electron chi connectivity index (χ0n) is 20.8. The molecule has 0 aliphatic rings. The Labute approximate surface area is 200 Å². The maximum Gasteiger partial charge on any atom is 0.359 e. The summed E-state index contributed by atoms with van der Waals surface area (Å²) in [5, 5.41) is 27.4. The van der Waals surface area contributed by atoms with Crippen molar-refractivity contribution in [3.05, 3.63) is 12.2 Å². The number of hydrogen-bond acceptors (Lipinski definition) is 3. The topological polar surface area (TPSA) is 112 Å². The molecule has 0 atom stereocenters. The number of allylic oxidation sites excluding steroid dienone is 2. The lowest BCUT2D eigenvalue weighted by Gasteiger charge is -2.34. The number of carboxylic acids is 3. The van der Waals surface area contributed by atoms with Gasteiger partial charge in [-0.05, 0) is 38.5 Å². The molecule has 0 aromatic carbocycles. The quantitative estimate of drug-likeness (QED) is 0.0923. The molecule has 0 aromatic heterocycles. The van der Waals surface area contributed by atoms with Crippen molar-refractivity contribution in [2.24, 2.45) is 0 Å². The number of rotatable bonds is 24. The average molecular weight is 471 g/mol. The summed E-state index contributed by atoms with van der Waals surface area (Å²) in [5.74, 6) is -3.53. The predicted molar refractivity (Wildman–Crippen MR) is 131 cm³/mol. The van der Waals surface area contributed by atoms with Gasteiger partial charge in [0.2, 0.25) is 0 Å². The van der Waals surface area contributed by atoms with E-state index in [1.807, 2.05) is 0 Å². The van der Waals surface area contributed by atoms with E-state index in [1.165, 1.54) is 64.2 Å². The fourth-order valence-electron chi connectivity index (χ4n) is 4.31. The first-order valence-corrected chi connectivity index (χ1v) is 13.0. The molecule has 3 N–H and O–H groups in total. The van der Waals surface area contributed by atoms with Gasteiger partial charge < -0.3 is 15.3 Å². The Balaban J connectivity index is 3.84. The molecule has 0 bridgehead atoms. The number of hydrogen-bond donors (Lipinski definition) is 3. The molecule has 0 amide bonds. The number of carbonyl (C=O) groups is 3. The smallest absolute Gasteiger partial charge is 0.359 e. The predicted octanol–water partition coefficient (Wildman–Crippen LogP) is 5.87. The van der Waals surface area contributed by atoms with Gasteiger partial charge in [-0.2, -0.15) is 0 Å². The van der Waals surface area contributed by atoms with Gasteiger partial charge in [-0.15, -0.1) is 0 Å². The number of carboxylic acid groups (broad SMARTS) is 3. The molecule has 33 heavy (non-hydrogen) atoms. The van der Waals surface area contributed by atoms with Crippen LogP contribution in [0.4, 0.5) is 0 Å².